The first-order valence-electron chi connectivity index (χ1n) is 7.78. The van der Waals surface area contributed by atoms with E-state index in [9.17, 15) is 18.5 Å². The van der Waals surface area contributed by atoms with Gasteiger partial charge in [0.25, 0.3) is 5.69 Å². The van der Waals surface area contributed by atoms with E-state index in [1.807, 2.05) is 6.92 Å². The summed E-state index contributed by atoms with van der Waals surface area (Å²) in [6, 6.07) is 4.07. The van der Waals surface area contributed by atoms with Gasteiger partial charge >= 0.3 is 0 Å². The Morgan fingerprint density at radius 1 is 1.42 bits per heavy atom. The Bertz CT molecular complexity index is 738. The molecule has 1 aromatic carbocycles. The van der Waals surface area contributed by atoms with Crippen LogP contribution in [0.15, 0.2) is 35.2 Å². The number of sulfone groups is 1. The Kier molecular flexibility index (Phi) is 5.61. The highest BCUT2D eigenvalue weighted by Crippen LogP contribution is 2.28. The van der Waals surface area contributed by atoms with Gasteiger partial charge in [-0.15, -0.1) is 0 Å². The van der Waals surface area contributed by atoms with Crippen LogP contribution in [0.1, 0.15) is 19.8 Å². The standard InChI is InChI=1S/C16H23N3O4S/c1-12(2)11-18-8-6-13(7-9-18)17-15-5-4-14(19(20)21)10-16(15)24(3,22)23/h4-5,10,13,17H,1,6-9,11H2,2-3H3. The van der Waals surface area contributed by atoms with Gasteiger partial charge in [-0.1, -0.05) is 12.2 Å². The zero-order valence-electron chi connectivity index (χ0n) is 14.0. The third-order valence-corrected chi connectivity index (χ3v) is 5.15. The van der Waals surface area contributed by atoms with E-state index in [0.29, 0.717) is 5.69 Å². The quantitative estimate of drug-likeness (QED) is 0.480. The molecule has 1 aliphatic rings. The van der Waals surface area contributed by atoms with Gasteiger partial charge in [0.1, 0.15) is 0 Å². The first kappa shape index (κ1) is 18.4. The van der Waals surface area contributed by atoms with Gasteiger partial charge in [-0.2, -0.15) is 0 Å². The minimum atomic E-state index is -3.56. The lowest BCUT2D eigenvalue weighted by Crippen LogP contribution is -2.39. The van der Waals surface area contributed by atoms with Crippen molar-refractivity contribution < 1.29 is 13.3 Å². The molecule has 0 bridgehead atoms. The summed E-state index contributed by atoms with van der Waals surface area (Å²) in [5.41, 5.74) is 1.33. The number of piperidine rings is 1. The van der Waals surface area contributed by atoms with Crippen molar-refractivity contribution in [2.24, 2.45) is 0 Å². The Morgan fingerprint density at radius 3 is 2.54 bits per heavy atom. The van der Waals surface area contributed by atoms with Crippen molar-refractivity contribution in [2.75, 3.05) is 31.2 Å². The van der Waals surface area contributed by atoms with Crippen molar-refractivity contribution in [1.82, 2.24) is 4.90 Å². The van der Waals surface area contributed by atoms with E-state index < -0.39 is 14.8 Å². The Balaban J connectivity index is 2.13. The van der Waals surface area contributed by atoms with E-state index >= 15 is 0 Å². The minimum absolute atomic E-state index is 0.0268. The molecule has 1 N–H and O–H groups in total. The summed E-state index contributed by atoms with van der Waals surface area (Å²) < 4.78 is 23.9. The molecule has 0 spiro atoms. The van der Waals surface area contributed by atoms with E-state index in [4.69, 9.17) is 0 Å². The predicted octanol–water partition coefficient (Wildman–Crippen LogP) is 2.45. The molecule has 1 aliphatic heterocycles. The van der Waals surface area contributed by atoms with E-state index in [-0.39, 0.29) is 16.6 Å². The van der Waals surface area contributed by atoms with Gasteiger partial charge in [-0.25, -0.2) is 8.42 Å². The van der Waals surface area contributed by atoms with Crippen LogP contribution in [0.2, 0.25) is 0 Å². The second kappa shape index (κ2) is 7.31. The maximum atomic E-state index is 12.0. The summed E-state index contributed by atoms with van der Waals surface area (Å²) in [7, 11) is -3.56. The molecule has 24 heavy (non-hydrogen) atoms. The van der Waals surface area contributed by atoms with Crippen LogP contribution in [-0.2, 0) is 9.84 Å². The smallest absolute Gasteiger partial charge is 0.270 e. The van der Waals surface area contributed by atoms with Crippen LogP contribution in [0, 0.1) is 10.1 Å². The molecule has 1 saturated heterocycles. The molecule has 2 rings (SSSR count). The van der Waals surface area contributed by atoms with Crippen LogP contribution in [0.5, 0.6) is 0 Å². The number of nitrogens with one attached hydrogen (secondary N) is 1. The molecule has 132 valence electrons. The lowest BCUT2D eigenvalue weighted by Gasteiger charge is -2.33. The molecule has 0 aliphatic carbocycles. The SMILES string of the molecule is C=C(C)CN1CCC(Nc2ccc([N+](=O)[O-])cc2S(C)(=O)=O)CC1. The topological polar surface area (TPSA) is 92.5 Å². The first-order chi connectivity index (χ1) is 11.2. The van der Waals surface area contributed by atoms with Crippen molar-refractivity contribution in [3.63, 3.8) is 0 Å². The molecule has 0 unspecified atom stereocenters. The molecule has 0 amide bonds. The highest BCUT2D eigenvalue weighted by atomic mass is 32.2. The number of hydrogen-bond acceptors (Lipinski definition) is 6. The van der Waals surface area contributed by atoms with Gasteiger partial charge in [0.2, 0.25) is 0 Å². The van der Waals surface area contributed by atoms with E-state index in [1.165, 1.54) is 12.1 Å². The fourth-order valence-electron chi connectivity index (χ4n) is 2.89. The summed E-state index contributed by atoms with van der Waals surface area (Å²) in [6.45, 7) is 8.61. The normalized spacial score (nSPS) is 16.8. The molecule has 0 atom stereocenters. The summed E-state index contributed by atoms with van der Waals surface area (Å²) in [5, 5.41) is 14.1. The van der Waals surface area contributed by atoms with Crippen molar-refractivity contribution in [2.45, 2.75) is 30.7 Å². The van der Waals surface area contributed by atoms with Gasteiger partial charge in [-0.05, 0) is 25.8 Å². The molecule has 8 heteroatoms. The summed E-state index contributed by atoms with van der Waals surface area (Å²) in [4.78, 5) is 12.6. The molecule has 0 aromatic heterocycles. The Hall–Kier alpha value is -1.93. The minimum Gasteiger partial charge on any atom is -0.381 e. The number of nitrogens with zero attached hydrogens (tertiary/aromatic N) is 2. The van der Waals surface area contributed by atoms with Crippen LogP contribution in [0.3, 0.4) is 0 Å². The predicted molar refractivity (Wildman–Crippen MR) is 94.1 cm³/mol. The first-order valence-corrected chi connectivity index (χ1v) is 9.67. The van der Waals surface area contributed by atoms with Crippen LogP contribution in [0.25, 0.3) is 0 Å². The second-order valence-electron chi connectivity index (χ2n) is 6.36. The third kappa shape index (κ3) is 4.78. The number of anilines is 1. The average molecular weight is 353 g/mol. The fraction of sp³-hybridized carbons (Fsp3) is 0.500. The van der Waals surface area contributed by atoms with Gasteiger partial charge in [0.05, 0.1) is 15.5 Å². The zero-order chi connectivity index (χ0) is 17.9. The molecular formula is C16H23N3O4S. The molecular weight excluding hydrogens is 330 g/mol. The monoisotopic (exact) mass is 353 g/mol. The molecule has 0 radical (unpaired) electrons. The van der Waals surface area contributed by atoms with E-state index in [1.54, 1.807) is 0 Å². The largest absolute Gasteiger partial charge is 0.381 e. The maximum Gasteiger partial charge on any atom is 0.270 e. The summed E-state index contributed by atoms with van der Waals surface area (Å²) in [6.07, 6.45) is 2.83. The molecule has 1 aromatic rings. The Labute approximate surface area is 142 Å². The van der Waals surface area contributed by atoms with Crippen LogP contribution < -0.4 is 5.32 Å². The second-order valence-corrected chi connectivity index (χ2v) is 8.35. The average Bonchev–Trinajstić information content (AvgIpc) is 2.48. The summed E-state index contributed by atoms with van der Waals surface area (Å²) in [5.74, 6) is 0. The lowest BCUT2D eigenvalue weighted by molar-refractivity contribution is -0.385. The van der Waals surface area contributed by atoms with E-state index in [0.717, 1.165) is 50.4 Å². The number of rotatable bonds is 6. The fourth-order valence-corrected chi connectivity index (χ4v) is 3.75. The number of likely N-dealkylation sites (tertiary alicyclic amines) is 1. The van der Waals surface area contributed by atoms with Crippen molar-refractivity contribution >= 4 is 21.2 Å². The van der Waals surface area contributed by atoms with Crippen molar-refractivity contribution in [1.29, 1.82) is 0 Å². The van der Waals surface area contributed by atoms with Crippen molar-refractivity contribution in [3.8, 4) is 0 Å². The summed E-state index contributed by atoms with van der Waals surface area (Å²) >= 11 is 0. The number of nitro benzene ring substituents is 1. The number of benzene rings is 1. The number of nitro groups is 1. The van der Waals surface area contributed by atoms with Crippen molar-refractivity contribution in [3.05, 3.63) is 40.5 Å². The highest BCUT2D eigenvalue weighted by molar-refractivity contribution is 7.90. The van der Waals surface area contributed by atoms with Crippen LogP contribution in [0.4, 0.5) is 11.4 Å². The van der Waals surface area contributed by atoms with Gasteiger partial charge < -0.3 is 5.32 Å². The van der Waals surface area contributed by atoms with Gasteiger partial charge in [0, 0.05) is 44.1 Å². The van der Waals surface area contributed by atoms with Crippen LogP contribution in [-0.4, -0.2) is 50.2 Å². The van der Waals surface area contributed by atoms with Crippen LogP contribution >= 0.6 is 0 Å². The third-order valence-electron chi connectivity index (χ3n) is 4.02. The zero-order valence-corrected chi connectivity index (χ0v) is 14.8. The van der Waals surface area contributed by atoms with E-state index in [2.05, 4.69) is 16.8 Å². The lowest BCUT2D eigenvalue weighted by atomic mass is 10.0. The number of hydrogen-bond donors (Lipinski definition) is 1. The molecule has 1 fully saturated rings. The number of non-ortho nitro benzene ring substituents is 1. The molecule has 7 nitrogen and oxygen atoms in total. The molecule has 1 heterocycles. The molecule has 0 saturated carbocycles. The van der Waals surface area contributed by atoms with Gasteiger partial charge in [0.15, 0.2) is 9.84 Å². The van der Waals surface area contributed by atoms with Gasteiger partial charge in [-0.3, -0.25) is 15.0 Å². The Morgan fingerprint density at radius 2 is 2.04 bits per heavy atom. The maximum absolute atomic E-state index is 12.0. The highest BCUT2D eigenvalue weighted by Gasteiger charge is 2.23.